The average Bonchev–Trinajstić information content (AvgIpc) is 2.52. The molecule has 1 aliphatic heterocycles. The Kier molecular flexibility index (Phi) is 8.34. The van der Waals surface area contributed by atoms with Gasteiger partial charge in [-0.2, -0.15) is 0 Å². The summed E-state index contributed by atoms with van der Waals surface area (Å²) in [5, 5.41) is 6.31. The molecule has 0 aliphatic carbocycles. The molecular formula is C17H27ClN2O4S. The van der Waals surface area contributed by atoms with Gasteiger partial charge in [0.05, 0.1) is 12.4 Å². The Morgan fingerprint density at radius 2 is 2.00 bits per heavy atom. The zero-order valence-electron chi connectivity index (χ0n) is 14.7. The molecule has 1 amide bonds. The largest absolute Gasteiger partial charge is 0.384 e. The van der Waals surface area contributed by atoms with Gasteiger partial charge in [-0.25, -0.2) is 8.42 Å². The molecule has 1 fully saturated rings. The van der Waals surface area contributed by atoms with Gasteiger partial charge < -0.3 is 15.4 Å². The monoisotopic (exact) mass is 390 g/mol. The SMILES string of the molecule is COCC1(CNC(=O)c2cccc(CS(C)(=O)=O)c2)CCNCC1.Cl. The maximum atomic E-state index is 12.4. The molecule has 1 heterocycles. The zero-order valence-corrected chi connectivity index (χ0v) is 16.3. The first-order chi connectivity index (χ1) is 11.3. The molecule has 0 radical (unpaired) electrons. The lowest BCUT2D eigenvalue weighted by atomic mass is 9.79. The van der Waals surface area contributed by atoms with E-state index in [-0.39, 0.29) is 29.5 Å². The topological polar surface area (TPSA) is 84.5 Å². The van der Waals surface area contributed by atoms with E-state index in [0.717, 1.165) is 25.9 Å². The lowest BCUT2D eigenvalue weighted by Gasteiger charge is -2.37. The Labute approximate surface area is 156 Å². The average molecular weight is 391 g/mol. The van der Waals surface area contributed by atoms with E-state index >= 15 is 0 Å². The van der Waals surface area contributed by atoms with Crippen LogP contribution in [-0.2, 0) is 20.3 Å². The third kappa shape index (κ3) is 6.93. The Morgan fingerprint density at radius 3 is 2.60 bits per heavy atom. The van der Waals surface area contributed by atoms with E-state index in [9.17, 15) is 13.2 Å². The Morgan fingerprint density at radius 1 is 1.32 bits per heavy atom. The summed E-state index contributed by atoms with van der Waals surface area (Å²) in [7, 11) is -1.44. The molecule has 6 nitrogen and oxygen atoms in total. The van der Waals surface area contributed by atoms with Gasteiger partial charge in [0.1, 0.15) is 0 Å². The molecule has 1 aliphatic rings. The minimum absolute atomic E-state index is 0. The summed E-state index contributed by atoms with van der Waals surface area (Å²) >= 11 is 0. The molecule has 1 saturated heterocycles. The fraction of sp³-hybridized carbons (Fsp3) is 0.588. The number of hydrogen-bond acceptors (Lipinski definition) is 5. The van der Waals surface area contributed by atoms with Crippen LogP contribution in [0.1, 0.15) is 28.8 Å². The molecule has 142 valence electrons. The summed E-state index contributed by atoms with van der Waals surface area (Å²) < 4.78 is 28.2. The number of benzene rings is 1. The summed E-state index contributed by atoms with van der Waals surface area (Å²) in [5.41, 5.74) is 1.07. The minimum atomic E-state index is -3.12. The molecule has 1 aromatic rings. The highest BCUT2D eigenvalue weighted by Gasteiger charge is 2.32. The second-order valence-electron chi connectivity index (χ2n) is 6.64. The number of rotatable bonds is 7. The summed E-state index contributed by atoms with van der Waals surface area (Å²) in [6.45, 7) is 3.01. The summed E-state index contributed by atoms with van der Waals surface area (Å²) in [4.78, 5) is 12.4. The van der Waals surface area contributed by atoms with Crippen LogP contribution in [0.2, 0.25) is 0 Å². The number of methoxy groups -OCH3 is 1. The van der Waals surface area contributed by atoms with E-state index in [0.29, 0.717) is 24.3 Å². The summed E-state index contributed by atoms with van der Waals surface area (Å²) in [6.07, 6.45) is 3.09. The molecule has 1 aromatic carbocycles. The first-order valence-electron chi connectivity index (χ1n) is 8.08. The van der Waals surface area contributed by atoms with Gasteiger partial charge in [0.25, 0.3) is 5.91 Å². The number of hydrogen-bond donors (Lipinski definition) is 2. The number of piperidine rings is 1. The van der Waals surface area contributed by atoms with E-state index in [2.05, 4.69) is 10.6 Å². The minimum Gasteiger partial charge on any atom is -0.384 e. The van der Waals surface area contributed by atoms with Crippen LogP contribution in [0.4, 0.5) is 0 Å². The number of carbonyl (C=O) groups excluding carboxylic acids is 1. The van der Waals surface area contributed by atoms with Crippen LogP contribution in [0.5, 0.6) is 0 Å². The maximum Gasteiger partial charge on any atom is 0.251 e. The van der Waals surface area contributed by atoms with Crippen molar-refractivity contribution in [2.45, 2.75) is 18.6 Å². The van der Waals surface area contributed by atoms with Crippen LogP contribution in [0.3, 0.4) is 0 Å². The number of halogens is 1. The van der Waals surface area contributed by atoms with Crippen molar-refractivity contribution >= 4 is 28.2 Å². The van der Waals surface area contributed by atoms with Crippen molar-refractivity contribution in [1.29, 1.82) is 0 Å². The van der Waals surface area contributed by atoms with Crippen molar-refractivity contribution in [2.24, 2.45) is 5.41 Å². The quantitative estimate of drug-likeness (QED) is 0.735. The smallest absolute Gasteiger partial charge is 0.251 e. The van der Waals surface area contributed by atoms with E-state index in [1.54, 1.807) is 31.4 Å². The fourth-order valence-corrected chi connectivity index (χ4v) is 3.90. The molecule has 0 aromatic heterocycles. The predicted molar refractivity (Wildman–Crippen MR) is 101 cm³/mol. The molecule has 0 unspecified atom stereocenters. The van der Waals surface area contributed by atoms with Gasteiger partial charge in [-0.1, -0.05) is 12.1 Å². The number of sulfone groups is 1. The van der Waals surface area contributed by atoms with Crippen molar-refractivity contribution in [1.82, 2.24) is 10.6 Å². The van der Waals surface area contributed by atoms with Gasteiger partial charge in [0.15, 0.2) is 9.84 Å². The summed E-state index contributed by atoms with van der Waals surface area (Å²) in [6, 6.07) is 6.77. The van der Waals surface area contributed by atoms with Crippen LogP contribution in [0, 0.1) is 5.41 Å². The van der Waals surface area contributed by atoms with Crippen LogP contribution in [0.15, 0.2) is 24.3 Å². The third-order valence-corrected chi connectivity index (χ3v) is 5.21. The normalized spacial score (nSPS) is 16.7. The molecule has 2 N–H and O–H groups in total. The molecule has 0 spiro atoms. The second kappa shape index (κ2) is 9.52. The Balaban J connectivity index is 0.00000312. The summed E-state index contributed by atoms with van der Waals surface area (Å²) in [5.74, 6) is -0.243. The predicted octanol–water partition coefficient (Wildman–Crippen LogP) is 1.40. The number of ether oxygens (including phenoxy) is 1. The van der Waals surface area contributed by atoms with Crippen LogP contribution in [-0.4, -0.2) is 53.9 Å². The van der Waals surface area contributed by atoms with Gasteiger partial charge in [0, 0.05) is 30.9 Å². The maximum absolute atomic E-state index is 12.4. The van der Waals surface area contributed by atoms with Gasteiger partial charge in [-0.3, -0.25) is 4.79 Å². The molecule has 0 saturated carbocycles. The van der Waals surface area contributed by atoms with E-state index in [4.69, 9.17) is 4.74 Å². The standard InChI is InChI=1S/C17H26N2O4S.ClH/c1-23-13-17(6-8-18-9-7-17)12-19-16(20)15-5-3-4-14(10-15)11-24(2,21)22;/h3-5,10,18H,6-9,11-13H2,1-2H3,(H,19,20);1H. The van der Waals surface area contributed by atoms with Crippen LogP contribution >= 0.6 is 12.4 Å². The van der Waals surface area contributed by atoms with Crippen molar-refractivity contribution in [3.63, 3.8) is 0 Å². The Hall–Kier alpha value is -1.15. The van der Waals surface area contributed by atoms with E-state index in [1.807, 2.05) is 0 Å². The number of nitrogens with one attached hydrogen (secondary N) is 2. The van der Waals surface area contributed by atoms with Gasteiger partial charge in [0.2, 0.25) is 0 Å². The highest BCUT2D eigenvalue weighted by Crippen LogP contribution is 2.28. The van der Waals surface area contributed by atoms with Crippen molar-refractivity contribution < 1.29 is 17.9 Å². The highest BCUT2D eigenvalue weighted by molar-refractivity contribution is 7.89. The van der Waals surface area contributed by atoms with E-state index in [1.165, 1.54) is 6.26 Å². The first kappa shape index (κ1) is 21.9. The molecule has 0 bridgehead atoms. The first-order valence-corrected chi connectivity index (χ1v) is 10.1. The van der Waals surface area contributed by atoms with Crippen LogP contribution in [0.25, 0.3) is 0 Å². The molecular weight excluding hydrogens is 364 g/mol. The highest BCUT2D eigenvalue weighted by atomic mass is 35.5. The van der Waals surface area contributed by atoms with Crippen molar-refractivity contribution in [3.05, 3.63) is 35.4 Å². The molecule has 8 heteroatoms. The van der Waals surface area contributed by atoms with E-state index < -0.39 is 9.84 Å². The second-order valence-corrected chi connectivity index (χ2v) is 8.78. The van der Waals surface area contributed by atoms with Gasteiger partial charge >= 0.3 is 0 Å². The van der Waals surface area contributed by atoms with Crippen molar-refractivity contribution in [3.8, 4) is 0 Å². The molecule has 25 heavy (non-hydrogen) atoms. The number of carbonyl (C=O) groups is 1. The Bertz CT molecular complexity index is 667. The fourth-order valence-electron chi connectivity index (χ4n) is 3.11. The lowest BCUT2D eigenvalue weighted by molar-refractivity contribution is 0.0511. The molecule has 0 atom stereocenters. The zero-order chi connectivity index (χ0) is 17.6. The number of amides is 1. The van der Waals surface area contributed by atoms with Crippen molar-refractivity contribution in [2.75, 3.05) is 39.6 Å². The lowest BCUT2D eigenvalue weighted by Crippen LogP contribution is -2.47. The van der Waals surface area contributed by atoms with Crippen LogP contribution < -0.4 is 10.6 Å². The molecule has 2 rings (SSSR count). The third-order valence-electron chi connectivity index (χ3n) is 4.36. The van der Waals surface area contributed by atoms with Gasteiger partial charge in [-0.15, -0.1) is 12.4 Å². The van der Waals surface area contributed by atoms with Gasteiger partial charge in [-0.05, 0) is 43.6 Å².